The Hall–Kier alpha value is -2.61. The van der Waals surface area contributed by atoms with E-state index in [1.165, 1.54) is 17.6 Å². The maximum Gasteiger partial charge on any atom is 0.360 e. The van der Waals surface area contributed by atoms with Gasteiger partial charge in [0, 0.05) is 11.6 Å². The minimum Gasteiger partial charge on any atom is -0.461 e. The topological polar surface area (TPSA) is 91.0 Å². The summed E-state index contributed by atoms with van der Waals surface area (Å²) in [5.74, 6) is -0.109. The van der Waals surface area contributed by atoms with Crippen LogP contribution in [0.3, 0.4) is 0 Å². The lowest BCUT2D eigenvalue weighted by Crippen LogP contribution is -2.05. The first-order valence-electron chi connectivity index (χ1n) is 6.60. The summed E-state index contributed by atoms with van der Waals surface area (Å²) in [5, 5.41) is 10.9. The van der Waals surface area contributed by atoms with Crippen LogP contribution in [0.15, 0.2) is 34.4 Å². The molecule has 22 heavy (non-hydrogen) atoms. The Balaban J connectivity index is 1.70. The summed E-state index contributed by atoms with van der Waals surface area (Å²) in [6.45, 7) is 2.03. The summed E-state index contributed by atoms with van der Waals surface area (Å²) >= 11 is 1.50. The fraction of sp³-hybridized carbons (Fsp3) is 0.214. The summed E-state index contributed by atoms with van der Waals surface area (Å²) in [7, 11) is 0. The molecule has 0 atom stereocenters. The molecule has 0 saturated carbocycles. The third-order valence-electron chi connectivity index (χ3n) is 2.74. The summed E-state index contributed by atoms with van der Waals surface area (Å²) in [6.07, 6.45) is 3.36. The van der Waals surface area contributed by atoms with Gasteiger partial charge in [-0.3, -0.25) is 0 Å². The fourth-order valence-corrected chi connectivity index (χ4v) is 2.37. The molecular weight excluding hydrogens is 304 g/mol. The molecule has 112 valence electrons. The Morgan fingerprint density at radius 1 is 1.36 bits per heavy atom. The normalized spacial score (nSPS) is 10.6. The third-order valence-corrected chi connectivity index (χ3v) is 3.54. The third kappa shape index (κ3) is 3.17. The van der Waals surface area contributed by atoms with Gasteiger partial charge in [0.2, 0.25) is 5.89 Å². The first-order chi connectivity index (χ1) is 10.8. The number of oxazole rings is 1. The molecule has 0 aliphatic heterocycles. The van der Waals surface area contributed by atoms with E-state index in [0.717, 1.165) is 10.7 Å². The molecule has 7 nitrogen and oxygen atoms in total. The largest absolute Gasteiger partial charge is 0.461 e. The molecule has 3 rings (SSSR count). The minimum absolute atomic E-state index is 0.157. The van der Waals surface area contributed by atoms with Gasteiger partial charge in [0.15, 0.2) is 5.69 Å². The molecule has 8 heteroatoms. The van der Waals surface area contributed by atoms with Crippen LogP contribution in [0.1, 0.15) is 29.0 Å². The standard InChI is InChI=1S/C14H12N4O3S/c1-2-20-14(19)11-8-21-12(16-11)7-9-3-4-10(18-17-9)13-15-5-6-22-13/h3-6,8H,2,7H2,1H3. The first-order valence-corrected chi connectivity index (χ1v) is 7.48. The average Bonchev–Trinajstić information content (AvgIpc) is 3.19. The number of thiazole rings is 1. The Kier molecular flexibility index (Phi) is 4.19. The Bertz CT molecular complexity index is 753. The number of rotatable bonds is 5. The van der Waals surface area contributed by atoms with Gasteiger partial charge in [-0.25, -0.2) is 14.8 Å². The molecule has 3 heterocycles. The Morgan fingerprint density at radius 2 is 2.27 bits per heavy atom. The molecule has 0 bridgehead atoms. The van der Waals surface area contributed by atoms with E-state index in [2.05, 4.69) is 20.2 Å². The molecule has 0 amide bonds. The van der Waals surface area contributed by atoms with Crippen molar-refractivity contribution in [2.75, 3.05) is 6.61 Å². The molecule has 0 fully saturated rings. The highest BCUT2D eigenvalue weighted by Gasteiger charge is 2.14. The van der Waals surface area contributed by atoms with E-state index in [1.54, 1.807) is 13.1 Å². The van der Waals surface area contributed by atoms with Crippen LogP contribution < -0.4 is 0 Å². The highest BCUT2D eigenvalue weighted by atomic mass is 32.1. The second-order valence-corrected chi connectivity index (χ2v) is 5.17. The summed E-state index contributed by atoms with van der Waals surface area (Å²) in [5.41, 5.74) is 1.57. The van der Waals surface area contributed by atoms with Crippen molar-refractivity contribution in [3.8, 4) is 10.7 Å². The predicted octanol–water partition coefficient (Wildman–Crippen LogP) is 2.36. The zero-order valence-electron chi connectivity index (χ0n) is 11.7. The van der Waals surface area contributed by atoms with E-state index in [4.69, 9.17) is 9.15 Å². The molecule has 0 aromatic carbocycles. The van der Waals surface area contributed by atoms with Crippen molar-refractivity contribution < 1.29 is 13.9 Å². The van der Waals surface area contributed by atoms with Gasteiger partial charge < -0.3 is 9.15 Å². The maximum absolute atomic E-state index is 11.5. The first kappa shape index (κ1) is 14.3. The number of hydrogen-bond acceptors (Lipinski definition) is 8. The second-order valence-electron chi connectivity index (χ2n) is 4.27. The van der Waals surface area contributed by atoms with E-state index in [0.29, 0.717) is 24.6 Å². The van der Waals surface area contributed by atoms with Gasteiger partial charge in [-0.1, -0.05) is 0 Å². The van der Waals surface area contributed by atoms with Gasteiger partial charge in [0.05, 0.1) is 18.7 Å². The lowest BCUT2D eigenvalue weighted by atomic mass is 10.2. The van der Waals surface area contributed by atoms with Crippen LogP contribution in [0.4, 0.5) is 0 Å². The van der Waals surface area contributed by atoms with Crippen LogP contribution in [-0.4, -0.2) is 32.7 Å². The number of aromatic nitrogens is 4. The lowest BCUT2D eigenvalue weighted by Gasteiger charge is -1.98. The van der Waals surface area contributed by atoms with Crippen molar-refractivity contribution in [1.82, 2.24) is 20.2 Å². The van der Waals surface area contributed by atoms with Gasteiger partial charge in [0.25, 0.3) is 0 Å². The van der Waals surface area contributed by atoms with Crippen LogP contribution in [0.2, 0.25) is 0 Å². The zero-order valence-corrected chi connectivity index (χ0v) is 12.5. The Labute approximate surface area is 130 Å². The van der Waals surface area contributed by atoms with Crippen molar-refractivity contribution >= 4 is 17.3 Å². The second kappa shape index (κ2) is 6.44. The lowest BCUT2D eigenvalue weighted by molar-refractivity contribution is 0.0519. The van der Waals surface area contributed by atoms with Gasteiger partial charge in [-0.2, -0.15) is 5.10 Å². The molecule has 3 aromatic rings. The minimum atomic E-state index is -0.497. The van der Waals surface area contributed by atoms with E-state index < -0.39 is 5.97 Å². The van der Waals surface area contributed by atoms with E-state index in [9.17, 15) is 4.79 Å². The number of hydrogen-bond donors (Lipinski definition) is 0. The highest BCUT2D eigenvalue weighted by molar-refractivity contribution is 7.13. The number of esters is 1. The molecular formula is C14H12N4O3S. The smallest absolute Gasteiger partial charge is 0.360 e. The van der Waals surface area contributed by atoms with Crippen molar-refractivity contribution in [3.63, 3.8) is 0 Å². The highest BCUT2D eigenvalue weighted by Crippen LogP contribution is 2.18. The molecule has 0 saturated heterocycles. The van der Waals surface area contributed by atoms with Crippen LogP contribution in [0, 0.1) is 0 Å². The molecule has 3 aromatic heterocycles. The van der Waals surface area contributed by atoms with Crippen LogP contribution in [-0.2, 0) is 11.2 Å². The molecule has 0 aliphatic rings. The van der Waals surface area contributed by atoms with E-state index in [1.807, 2.05) is 17.5 Å². The van der Waals surface area contributed by atoms with Crippen molar-refractivity contribution in [3.05, 3.63) is 47.3 Å². The van der Waals surface area contributed by atoms with Gasteiger partial charge in [0.1, 0.15) is 17.0 Å². The Morgan fingerprint density at radius 3 is 2.95 bits per heavy atom. The van der Waals surface area contributed by atoms with Gasteiger partial charge in [-0.15, -0.1) is 16.4 Å². The molecule has 0 N–H and O–H groups in total. The van der Waals surface area contributed by atoms with Crippen LogP contribution in [0.25, 0.3) is 10.7 Å². The van der Waals surface area contributed by atoms with Crippen LogP contribution in [0.5, 0.6) is 0 Å². The molecule has 0 radical (unpaired) electrons. The van der Waals surface area contributed by atoms with Crippen molar-refractivity contribution in [2.45, 2.75) is 13.3 Å². The molecule has 0 spiro atoms. The molecule has 0 unspecified atom stereocenters. The fourth-order valence-electron chi connectivity index (χ4n) is 1.76. The van der Waals surface area contributed by atoms with Crippen LogP contribution >= 0.6 is 11.3 Å². The summed E-state index contributed by atoms with van der Waals surface area (Å²) < 4.78 is 10.1. The van der Waals surface area contributed by atoms with Crippen molar-refractivity contribution in [1.29, 1.82) is 0 Å². The number of carbonyl (C=O) groups is 1. The number of nitrogens with zero attached hydrogens (tertiary/aromatic N) is 4. The average molecular weight is 316 g/mol. The summed E-state index contributed by atoms with van der Waals surface area (Å²) in [6, 6.07) is 3.67. The number of ether oxygens (including phenoxy) is 1. The number of carbonyl (C=O) groups excluding carboxylic acids is 1. The van der Waals surface area contributed by atoms with Gasteiger partial charge >= 0.3 is 5.97 Å². The monoisotopic (exact) mass is 316 g/mol. The summed E-state index contributed by atoms with van der Waals surface area (Å²) in [4.78, 5) is 19.8. The maximum atomic E-state index is 11.5. The van der Waals surface area contributed by atoms with Gasteiger partial charge in [-0.05, 0) is 19.1 Å². The van der Waals surface area contributed by atoms with E-state index >= 15 is 0 Å². The predicted molar refractivity (Wildman–Crippen MR) is 78.4 cm³/mol. The quantitative estimate of drug-likeness (QED) is 0.667. The van der Waals surface area contributed by atoms with Crippen molar-refractivity contribution in [2.24, 2.45) is 0 Å². The SMILES string of the molecule is CCOC(=O)c1coc(Cc2ccc(-c3nccs3)nn2)n1. The van der Waals surface area contributed by atoms with E-state index in [-0.39, 0.29) is 5.69 Å². The zero-order chi connectivity index (χ0) is 15.4. The molecule has 0 aliphatic carbocycles.